The first-order valence-corrected chi connectivity index (χ1v) is 6.92. The minimum atomic E-state index is -0.461. The minimum absolute atomic E-state index is 0.0238. The summed E-state index contributed by atoms with van der Waals surface area (Å²) in [5, 5.41) is 13.6. The molecule has 0 aromatic heterocycles. The highest BCUT2D eigenvalue weighted by atomic mass is 79.9. The van der Waals surface area contributed by atoms with Gasteiger partial charge in [0.15, 0.2) is 0 Å². The summed E-state index contributed by atoms with van der Waals surface area (Å²) >= 11 is 3.26. The SMILES string of the molecule is O=[N+]([O-])c1ccc(OCCNc2ccc(F)cc2Br)cc1. The Kier molecular flexibility index (Phi) is 5.10. The molecule has 0 radical (unpaired) electrons. The molecule has 0 bridgehead atoms. The van der Waals surface area contributed by atoms with Gasteiger partial charge in [0.2, 0.25) is 0 Å². The highest BCUT2D eigenvalue weighted by Crippen LogP contribution is 2.23. The fourth-order valence-corrected chi connectivity index (χ4v) is 2.14. The van der Waals surface area contributed by atoms with Gasteiger partial charge in [0.1, 0.15) is 18.2 Å². The summed E-state index contributed by atoms with van der Waals surface area (Å²) in [6.45, 7) is 0.892. The zero-order chi connectivity index (χ0) is 15.2. The number of anilines is 1. The van der Waals surface area contributed by atoms with E-state index in [1.807, 2.05) is 0 Å². The lowest BCUT2D eigenvalue weighted by atomic mass is 10.3. The van der Waals surface area contributed by atoms with Crippen molar-refractivity contribution < 1.29 is 14.1 Å². The van der Waals surface area contributed by atoms with Crippen LogP contribution in [0.15, 0.2) is 46.9 Å². The minimum Gasteiger partial charge on any atom is -0.492 e. The smallest absolute Gasteiger partial charge is 0.269 e. The van der Waals surface area contributed by atoms with Crippen molar-refractivity contribution in [2.24, 2.45) is 0 Å². The lowest BCUT2D eigenvalue weighted by molar-refractivity contribution is -0.384. The van der Waals surface area contributed by atoms with Crippen LogP contribution in [-0.4, -0.2) is 18.1 Å². The molecule has 2 aromatic rings. The van der Waals surface area contributed by atoms with E-state index in [9.17, 15) is 14.5 Å². The van der Waals surface area contributed by atoms with Crippen LogP contribution in [0, 0.1) is 15.9 Å². The van der Waals surface area contributed by atoms with E-state index >= 15 is 0 Å². The van der Waals surface area contributed by atoms with Crippen LogP contribution in [0.4, 0.5) is 15.8 Å². The molecule has 0 heterocycles. The first kappa shape index (κ1) is 15.2. The second-order valence-electron chi connectivity index (χ2n) is 4.15. The summed E-state index contributed by atoms with van der Waals surface area (Å²) in [4.78, 5) is 10.0. The molecule has 0 amide bonds. The molecule has 0 fully saturated rings. The number of halogens is 2. The summed E-state index contributed by atoms with van der Waals surface area (Å²) in [7, 11) is 0. The van der Waals surface area contributed by atoms with Gasteiger partial charge < -0.3 is 10.1 Å². The molecule has 7 heteroatoms. The van der Waals surface area contributed by atoms with Gasteiger partial charge in [-0.1, -0.05) is 0 Å². The van der Waals surface area contributed by atoms with E-state index in [0.717, 1.165) is 5.69 Å². The molecule has 21 heavy (non-hydrogen) atoms. The van der Waals surface area contributed by atoms with E-state index in [0.29, 0.717) is 23.4 Å². The summed E-state index contributed by atoms with van der Waals surface area (Å²) in [6, 6.07) is 10.2. The Morgan fingerprint density at radius 1 is 1.24 bits per heavy atom. The Morgan fingerprint density at radius 3 is 2.57 bits per heavy atom. The highest BCUT2D eigenvalue weighted by molar-refractivity contribution is 9.10. The van der Waals surface area contributed by atoms with Crippen molar-refractivity contribution in [1.82, 2.24) is 0 Å². The van der Waals surface area contributed by atoms with Crippen molar-refractivity contribution in [3.8, 4) is 5.75 Å². The molecule has 0 saturated carbocycles. The fraction of sp³-hybridized carbons (Fsp3) is 0.143. The normalized spacial score (nSPS) is 10.2. The van der Waals surface area contributed by atoms with Crippen LogP contribution in [0.3, 0.4) is 0 Å². The van der Waals surface area contributed by atoms with Gasteiger partial charge in [0.25, 0.3) is 5.69 Å². The third-order valence-corrected chi connectivity index (χ3v) is 3.32. The monoisotopic (exact) mass is 354 g/mol. The summed E-state index contributed by atoms with van der Waals surface area (Å²) in [5.41, 5.74) is 0.791. The molecule has 0 aliphatic heterocycles. The predicted molar refractivity (Wildman–Crippen MR) is 81.2 cm³/mol. The van der Waals surface area contributed by atoms with E-state index in [2.05, 4.69) is 21.2 Å². The maximum absolute atomic E-state index is 12.9. The number of nitro benzene ring substituents is 1. The number of rotatable bonds is 6. The second kappa shape index (κ2) is 7.03. The highest BCUT2D eigenvalue weighted by Gasteiger charge is 2.04. The molecular weight excluding hydrogens is 343 g/mol. The summed E-state index contributed by atoms with van der Waals surface area (Å²) in [5.74, 6) is 0.245. The number of nitrogens with one attached hydrogen (secondary N) is 1. The Hall–Kier alpha value is -2.15. The quantitative estimate of drug-likeness (QED) is 0.484. The largest absolute Gasteiger partial charge is 0.492 e. The van der Waals surface area contributed by atoms with Crippen LogP contribution in [0.1, 0.15) is 0 Å². The molecule has 1 N–H and O–H groups in total. The Bertz CT molecular complexity index is 635. The van der Waals surface area contributed by atoms with Crippen molar-refractivity contribution in [3.05, 3.63) is 62.9 Å². The Labute approximate surface area is 129 Å². The Balaban J connectivity index is 1.80. The average Bonchev–Trinajstić information content (AvgIpc) is 2.46. The molecule has 0 saturated heterocycles. The van der Waals surface area contributed by atoms with Crippen molar-refractivity contribution in [3.63, 3.8) is 0 Å². The fourth-order valence-electron chi connectivity index (χ4n) is 1.65. The second-order valence-corrected chi connectivity index (χ2v) is 5.00. The maximum Gasteiger partial charge on any atom is 0.269 e. The zero-order valence-corrected chi connectivity index (χ0v) is 12.5. The van der Waals surface area contributed by atoms with Crippen LogP contribution < -0.4 is 10.1 Å². The van der Waals surface area contributed by atoms with E-state index in [1.165, 1.54) is 24.3 Å². The summed E-state index contributed by atoms with van der Waals surface area (Å²) in [6.07, 6.45) is 0. The van der Waals surface area contributed by atoms with Gasteiger partial charge in [-0.3, -0.25) is 10.1 Å². The van der Waals surface area contributed by atoms with E-state index in [4.69, 9.17) is 4.74 Å². The van der Waals surface area contributed by atoms with Crippen molar-refractivity contribution >= 4 is 27.3 Å². The van der Waals surface area contributed by atoms with Gasteiger partial charge in [-0.15, -0.1) is 0 Å². The van der Waals surface area contributed by atoms with Gasteiger partial charge in [0, 0.05) is 28.8 Å². The standard InChI is InChI=1S/C14H12BrFN2O3/c15-13-9-10(16)1-6-14(13)17-7-8-21-12-4-2-11(3-5-12)18(19)20/h1-6,9,17H,7-8H2. The lowest BCUT2D eigenvalue weighted by Gasteiger charge is -2.10. The van der Waals surface area contributed by atoms with E-state index in [-0.39, 0.29) is 11.5 Å². The van der Waals surface area contributed by atoms with Gasteiger partial charge in [-0.05, 0) is 46.3 Å². The average molecular weight is 355 g/mol. The maximum atomic E-state index is 12.9. The number of hydrogen-bond acceptors (Lipinski definition) is 4. The molecule has 110 valence electrons. The summed E-state index contributed by atoms with van der Waals surface area (Å²) < 4.78 is 19.0. The van der Waals surface area contributed by atoms with Gasteiger partial charge >= 0.3 is 0 Å². The van der Waals surface area contributed by atoms with Gasteiger partial charge in [0.05, 0.1) is 4.92 Å². The number of ether oxygens (including phenoxy) is 1. The molecule has 2 rings (SSSR count). The molecule has 0 atom stereocenters. The number of non-ortho nitro benzene ring substituents is 1. The molecule has 0 spiro atoms. The zero-order valence-electron chi connectivity index (χ0n) is 10.9. The topological polar surface area (TPSA) is 64.4 Å². The number of nitro groups is 1. The van der Waals surface area contributed by atoms with E-state index in [1.54, 1.807) is 18.2 Å². The Morgan fingerprint density at radius 2 is 1.95 bits per heavy atom. The number of nitrogens with zero attached hydrogens (tertiary/aromatic N) is 1. The van der Waals surface area contributed by atoms with Crippen molar-refractivity contribution in [2.45, 2.75) is 0 Å². The molecule has 0 unspecified atom stereocenters. The molecular formula is C14H12BrFN2O3. The third-order valence-electron chi connectivity index (χ3n) is 2.66. The lowest BCUT2D eigenvalue weighted by Crippen LogP contribution is -2.11. The van der Waals surface area contributed by atoms with Crippen molar-refractivity contribution in [1.29, 1.82) is 0 Å². The van der Waals surface area contributed by atoms with Crippen LogP contribution in [0.25, 0.3) is 0 Å². The molecule has 5 nitrogen and oxygen atoms in total. The molecule has 0 aliphatic carbocycles. The van der Waals surface area contributed by atoms with Gasteiger partial charge in [-0.2, -0.15) is 0 Å². The van der Waals surface area contributed by atoms with Crippen LogP contribution in [0.2, 0.25) is 0 Å². The first-order chi connectivity index (χ1) is 10.1. The predicted octanol–water partition coefficient (Wildman–Crippen LogP) is 3.99. The number of hydrogen-bond donors (Lipinski definition) is 1. The van der Waals surface area contributed by atoms with Crippen molar-refractivity contribution in [2.75, 3.05) is 18.5 Å². The van der Waals surface area contributed by atoms with E-state index < -0.39 is 4.92 Å². The third kappa shape index (κ3) is 4.42. The van der Waals surface area contributed by atoms with Crippen LogP contribution in [0.5, 0.6) is 5.75 Å². The number of benzene rings is 2. The van der Waals surface area contributed by atoms with Crippen LogP contribution >= 0.6 is 15.9 Å². The molecule has 0 aliphatic rings. The van der Waals surface area contributed by atoms with Gasteiger partial charge in [-0.25, -0.2) is 4.39 Å². The van der Waals surface area contributed by atoms with Crippen LogP contribution in [-0.2, 0) is 0 Å². The molecule has 2 aromatic carbocycles. The first-order valence-electron chi connectivity index (χ1n) is 6.12.